The Kier molecular flexibility index (Phi) is 5.01. The Hall–Kier alpha value is -2.22. The minimum absolute atomic E-state index is 0.289. The number of fused-ring (bicyclic) bond motifs is 1. The smallest absolute Gasteiger partial charge is 0.236 e. The molecule has 2 aromatic heterocycles. The van der Waals surface area contributed by atoms with E-state index in [-0.39, 0.29) is 5.91 Å². The Bertz CT molecular complexity index is 758. The second-order valence-electron chi connectivity index (χ2n) is 7.26. The predicted molar refractivity (Wildman–Crippen MR) is 100 cm³/mol. The summed E-state index contributed by atoms with van der Waals surface area (Å²) in [5, 5.41) is 5.28. The van der Waals surface area contributed by atoms with Crippen LogP contribution in [0.15, 0.2) is 12.5 Å². The van der Waals surface area contributed by atoms with Crippen molar-refractivity contribution < 1.29 is 4.79 Å². The standard InChI is InChI=1S/C18H27N7O/c1-22-17-15(12-21-22)18(20-14-19-17)25-10-8-23(9-11-25)13-16(26)24-6-4-2-3-5-7-24/h12,14H,2-11,13H2,1H3. The minimum atomic E-state index is 0.289. The molecule has 2 aromatic rings. The van der Waals surface area contributed by atoms with Gasteiger partial charge in [-0.3, -0.25) is 14.4 Å². The van der Waals surface area contributed by atoms with Gasteiger partial charge >= 0.3 is 0 Å². The Balaban J connectivity index is 1.35. The number of hydrogen-bond donors (Lipinski definition) is 0. The van der Waals surface area contributed by atoms with Crippen molar-refractivity contribution in [1.82, 2.24) is 29.5 Å². The maximum Gasteiger partial charge on any atom is 0.236 e. The van der Waals surface area contributed by atoms with Crippen molar-refractivity contribution in [1.29, 1.82) is 0 Å². The number of aromatic nitrogens is 4. The lowest BCUT2D eigenvalue weighted by Gasteiger charge is -2.36. The van der Waals surface area contributed by atoms with Gasteiger partial charge in [-0.15, -0.1) is 0 Å². The van der Waals surface area contributed by atoms with Crippen LogP contribution in [0.3, 0.4) is 0 Å². The lowest BCUT2D eigenvalue weighted by Crippen LogP contribution is -2.50. The zero-order chi connectivity index (χ0) is 17.9. The van der Waals surface area contributed by atoms with Gasteiger partial charge in [0.25, 0.3) is 0 Å². The molecule has 0 aliphatic carbocycles. The molecule has 0 aromatic carbocycles. The van der Waals surface area contributed by atoms with Crippen LogP contribution in [0.2, 0.25) is 0 Å². The van der Waals surface area contributed by atoms with Crippen LogP contribution in [0.4, 0.5) is 5.82 Å². The van der Waals surface area contributed by atoms with Gasteiger partial charge in [0.1, 0.15) is 12.1 Å². The third-order valence-electron chi connectivity index (χ3n) is 5.50. The summed E-state index contributed by atoms with van der Waals surface area (Å²) in [6.45, 7) is 5.90. The van der Waals surface area contributed by atoms with E-state index >= 15 is 0 Å². The molecule has 0 bridgehead atoms. The van der Waals surface area contributed by atoms with Gasteiger partial charge in [-0.05, 0) is 12.8 Å². The highest BCUT2D eigenvalue weighted by atomic mass is 16.2. The molecule has 2 aliphatic heterocycles. The molecule has 8 heteroatoms. The molecular weight excluding hydrogens is 330 g/mol. The summed E-state index contributed by atoms with van der Waals surface area (Å²) in [5.74, 6) is 1.23. The number of likely N-dealkylation sites (tertiary alicyclic amines) is 1. The van der Waals surface area contributed by atoms with Crippen LogP contribution in [-0.2, 0) is 11.8 Å². The summed E-state index contributed by atoms with van der Waals surface area (Å²) >= 11 is 0. The molecule has 0 atom stereocenters. The Labute approximate surface area is 153 Å². The van der Waals surface area contributed by atoms with Gasteiger partial charge in [-0.1, -0.05) is 12.8 Å². The fraction of sp³-hybridized carbons (Fsp3) is 0.667. The van der Waals surface area contributed by atoms with Crippen LogP contribution >= 0.6 is 0 Å². The van der Waals surface area contributed by atoms with E-state index in [9.17, 15) is 4.79 Å². The summed E-state index contributed by atoms with van der Waals surface area (Å²) in [4.78, 5) is 28.0. The van der Waals surface area contributed by atoms with Gasteiger partial charge < -0.3 is 9.80 Å². The van der Waals surface area contributed by atoms with Gasteiger partial charge in [-0.2, -0.15) is 5.10 Å². The van der Waals surface area contributed by atoms with E-state index in [1.54, 1.807) is 11.0 Å². The third-order valence-corrected chi connectivity index (χ3v) is 5.50. The first-order valence-electron chi connectivity index (χ1n) is 9.60. The molecule has 0 radical (unpaired) electrons. The van der Waals surface area contributed by atoms with E-state index in [0.717, 1.165) is 69.0 Å². The van der Waals surface area contributed by atoms with Crippen molar-refractivity contribution in [2.75, 3.05) is 50.7 Å². The van der Waals surface area contributed by atoms with Crippen LogP contribution in [-0.4, -0.2) is 81.3 Å². The second kappa shape index (κ2) is 7.57. The lowest BCUT2D eigenvalue weighted by atomic mass is 10.2. The van der Waals surface area contributed by atoms with Gasteiger partial charge in [0.05, 0.1) is 18.1 Å². The van der Waals surface area contributed by atoms with E-state index < -0.39 is 0 Å². The van der Waals surface area contributed by atoms with Gasteiger partial charge in [0.2, 0.25) is 5.91 Å². The van der Waals surface area contributed by atoms with Crippen molar-refractivity contribution in [2.45, 2.75) is 25.7 Å². The molecule has 1 amide bonds. The summed E-state index contributed by atoms with van der Waals surface area (Å²) in [6, 6.07) is 0. The predicted octanol–water partition coefficient (Wildman–Crippen LogP) is 0.888. The Morgan fingerprint density at radius 2 is 1.73 bits per heavy atom. The van der Waals surface area contributed by atoms with E-state index in [1.165, 1.54) is 12.8 Å². The van der Waals surface area contributed by atoms with Crippen molar-refractivity contribution in [3.8, 4) is 0 Å². The van der Waals surface area contributed by atoms with Crippen molar-refractivity contribution >= 4 is 22.8 Å². The number of aryl methyl sites for hydroxylation is 1. The quantitative estimate of drug-likeness (QED) is 0.812. The third kappa shape index (κ3) is 3.51. The molecule has 26 heavy (non-hydrogen) atoms. The second-order valence-corrected chi connectivity index (χ2v) is 7.26. The van der Waals surface area contributed by atoms with E-state index in [2.05, 4.69) is 29.8 Å². The molecule has 2 aliphatic rings. The number of carbonyl (C=O) groups excluding carboxylic acids is 1. The van der Waals surface area contributed by atoms with E-state index in [1.807, 2.05) is 13.2 Å². The topological polar surface area (TPSA) is 70.4 Å². The molecular formula is C18H27N7O. The van der Waals surface area contributed by atoms with Gasteiger partial charge in [0.15, 0.2) is 5.65 Å². The number of nitrogens with zero attached hydrogens (tertiary/aromatic N) is 7. The number of amides is 1. The number of rotatable bonds is 3. The molecule has 0 unspecified atom stereocenters. The molecule has 0 saturated carbocycles. The average molecular weight is 357 g/mol. The number of carbonyl (C=O) groups is 1. The summed E-state index contributed by atoms with van der Waals surface area (Å²) in [7, 11) is 1.89. The summed E-state index contributed by atoms with van der Waals surface area (Å²) < 4.78 is 1.77. The van der Waals surface area contributed by atoms with Crippen molar-refractivity contribution in [2.24, 2.45) is 7.05 Å². The number of piperazine rings is 1. The maximum absolute atomic E-state index is 12.6. The van der Waals surface area contributed by atoms with Crippen LogP contribution in [0.25, 0.3) is 11.0 Å². The maximum atomic E-state index is 12.6. The highest BCUT2D eigenvalue weighted by Gasteiger charge is 2.24. The monoisotopic (exact) mass is 357 g/mol. The Morgan fingerprint density at radius 1 is 1.00 bits per heavy atom. The number of hydrogen-bond acceptors (Lipinski definition) is 6. The average Bonchev–Trinajstić information content (AvgIpc) is 2.87. The normalized spacial score (nSPS) is 19.7. The highest BCUT2D eigenvalue weighted by Crippen LogP contribution is 2.23. The summed E-state index contributed by atoms with van der Waals surface area (Å²) in [6.07, 6.45) is 8.24. The Morgan fingerprint density at radius 3 is 2.46 bits per heavy atom. The molecule has 8 nitrogen and oxygen atoms in total. The molecule has 4 rings (SSSR count). The molecule has 4 heterocycles. The molecule has 0 N–H and O–H groups in total. The lowest BCUT2D eigenvalue weighted by molar-refractivity contribution is -0.132. The first-order chi connectivity index (χ1) is 12.7. The van der Waals surface area contributed by atoms with Crippen LogP contribution in [0, 0.1) is 0 Å². The van der Waals surface area contributed by atoms with E-state index in [0.29, 0.717) is 6.54 Å². The zero-order valence-corrected chi connectivity index (χ0v) is 15.5. The van der Waals surface area contributed by atoms with Crippen LogP contribution in [0.1, 0.15) is 25.7 Å². The van der Waals surface area contributed by atoms with Crippen molar-refractivity contribution in [3.05, 3.63) is 12.5 Å². The SMILES string of the molecule is Cn1ncc2c(N3CCN(CC(=O)N4CCCCCC4)CC3)ncnc21. The minimum Gasteiger partial charge on any atom is -0.353 e. The van der Waals surface area contributed by atoms with E-state index in [4.69, 9.17) is 0 Å². The van der Waals surface area contributed by atoms with Crippen LogP contribution < -0.4 is 4.90 Å². The molecule has 140 valence electrons. The number of anilines is 1. The van der Waals surface area contributed by atoms with Gasteiger partial charge in [0, 0.05) is 46.3 Å². The first-order valence-corrected chi connectivity index (χ1v) is 9.60. The van der Waals surface area contributed by atoms with Crippen molar-refractivity contribution in [3.63, 3.8) is 0 Å². The zero-order valence-electron chi connectivity index (χ0n) is 15.5. The first kappa shape index (κ1) is 17.2. The highest BCUT2D eigenvalue weighted by molar-refractivity contribution is 5.86. The fourth-order valence-corrected chi connectivity index (χ4v) is 3.93. The molecule has 0 spiro atoms. The van der Waals surface area contributed by atoms with Crippen LogP contribution in [0.5, 0.6) is 0 Å². The molecule has 2 fully saturated rings. The fourth-order valence-electron chi connectivity index (χ4n) is 3.93. The largest absolute Gasteiger partial charge is 0.353 e. The summed E-state index contributed by atoms with van der Waals surface area (Å²) in [5.41, 5.74) is 0.855. The van der Waals surface area contributed by atoms with Gasteiger partial charge in [-0.25, -0.2) is 9.97 Å². The molecule has 2 saturated heterocycles.